The van der Waals surface area contributed by atoms with E-state index in [1.165, 1.54) is 0 Å². The Bertz CT molecular complexity index is 851. The van der Waals surface area contributed by atoms with E-state index < -0.39 is 6.04 Å². The minimum Gasteiger partial charge on any atom is -0.377 e. The maximum Gasteiger partial charge on any atom is 0.254 e. The number of hydrogen-bond acceptors (Lipinski definition) is 3. The molecule has 5 nitrogen and oxygen atoms in total. The average molecular weight is 435 g/mol. The Labute approximate surface area is 180 Å². The second-order valence-electron chi connectivity index (χ2n) is 6.99. The minimum absolute atomic E-state index is 0.151. The highest BCUT2D eigenvalue weighted by Gasteiger charge is 2.34. The molecular formula is C22H24Cl2N2O3. The largest absolute Gasteiger partial charge is 0.377 e. The van der Waals surface area contributed by atoms with Crippen molar-refractivity contribution in [2.24, 2.45) is 0 Å². The molecule has 2 aromatic carbocycles. The normalized spacial score (nSPS) is 16.1. The average Bonchev–Trinajstić information content (AvgIpc) is 3.20. The number of hydrogen-bond donors (Lipinski definition) is 1. The van der Waals surface area contributed by atoms with E-state index in [1.54, 1.807) is 23.1 Å². The zero-order valence-corrected chi connectivity index (χ0v) is 17.8. The van der Waals surface area contributed by atoms with Crippen LogP contribution in [0.2, 0.25) is 10.0 Å². The molecule has 7 heteroatoms. The Morgan fingerprint density at radius 2 is 1.76 bits per heavy atom. The Morgan fingerprint density at radius 3 is 2.41 bits per heavy atom. The smallest absolute Gasteiger partial charge is 0.254 e. The first kappa shape index (κ1) is 21.6. The molecule has 1 N–H and O–H groups in total. The first-order valence-corrected chi connectivity index (χ1v) is 10.4. The number of benzene rings is 2. The molecule has 29 heavy (non-hydrogen) atoms. The van der Waals surface area contributed by atoms with Crippen molar-refractivity contribution in [3.8, 4) is 0 Å². The first-order chi connectivity index (χ1) is 14.0. The van der Waals surface area contributed by atoms with Crippen molar-refractivity contribution < 1.29 is 14.3 Å². The predicted molar refractivity (Wildman–Crippen MR) is 114 cm³/mol. The monoisotopic (exact) mass is 434 g/mol. The highest BCUT2D eigenvalue weighted by Crippen LogP contribution is 2.24. The molecule has 3 rings (SSSR count). The molecule has 0 aromatic heterocycles. The zero-order chi connectivity index (χ0) is 20.8. The predicted octanol–water partition coefficient (Wildman–Crippen LogP) is 4.45. The third kappa shape index (κ3) is 5.72. The molecule has 1 heterocycles. The number of amides is 2. The molecule has 1 aliphatic heterocycles. The topological polar surface area (TPSA) is 58.6 Å². The lowest BCUT2D eigenvalue weighted by Crippen LogP contribution is -2.45. The minimum atomic E-state index is -0.488. The molecule has 0 bridgehead atoms. The molecule has 0 saturated carbocycles. The van der Waals surface area contributed by atoms with Gasteiger partial charge in [-0.1, -0.05) is 47.5 Å². The Hall–Kier alpha value is -2.08. The van der Waals surface area contributed by atoms with Crippen molar-refractivity contribution >= 4 is 35.0 Å². The summed E-state index contributed by atoms with van der Waals surface area (Å²) in [4.78, 5) is 27.2. The third-order valence-corrected chi connectivity index (χ3v) is 5.32. The van der Waals surface area contributed by atoms with Crippen LogP contribution >= 0.6 is 23.2 Å². The summed E-state index contributed by atoms with van der Waals surface area (Å²) in [6.45, 7) is 4.16. The second kappa shape index (κ2) is 10.1. The summed E-state index contributed by atoms with van der Waals surface area (Å²) >= 11 is 12.0. The molecule has 2 amide bonds. The zero-order valence-electron chi connectivity index (χ0n) is 16.3. The molecule has 1 unspecified atom stereocenters. The fourth-order valence-corrected chi connectivity index (χ4v) is 3.93. The van der Waals surface area contributed by atoms with Gasteiger partial charge in [0.05, 0.1) is 6.61 Å². The standard InChI is InChI=1S/C22H24Cl2N2O3/c1-2-29-14-16-7-5-15(6-8-16)13-25-21(27)20-4-3-9-26(20)22(28)17-10-18(23)12-19(24)11-17/h5-8,10-12,20H,2-4,9,13-14H2,1H3,(H,25,27). The van der Waals surface area contributed by atoms with Crippen molar-refractivity contribution in [1.29, 1.82) is 0 Å². The van der Waals surface area contributed by atoms with Crippen LogP contribution in [0.1, 0.15) is 41.3 Å². The van der Waals surface area contributed by atoms with Gasteiger partial charge >= 0.3 is 0 Å². The third-order valence-electron chi connectivity index (χ3n) is 4.89. The van der Waals surface area contributed by atoms with Crippen molar-refractivity contribution in [3.05, 3.63) is 69.2 Å². The van der Waals surface area contributed by atoms with Crippen LogP contribution in [0.5, 0.6) is 0 Å². The molecule has 0 aliphatic carbocycles. The van der Waals surface area contributed by atoms with E-state index in [-0.39, 0.29) is 11.8 Å². The van der Waals surface area contributed by atoms with Gasteiger partial charge in [-0.15, -0.1) is 0 Å². The lowest BCUT2D eigenvalue weighted by atomic mass is 10.1. The summed E-state index contributed by atoms with van der Waals surface area (Å²) in [5, 5.41) is 3.74. The van der Waals surface area contributed by atoms with Gasteiger partial charge in [0.1, 0.15) is 6.04 Å². The van der Waals surface area contributed by atoms with Crippen LogP contribution < -0.4 is 5.32 Å². The van der Waals surface area contributed by atoms with Gasteiger partial charge in [-0.2, -0.15) is 0 Å². The van der Waals surface area contributed by atoms with E-state index in [2.05, 4.69) is 5.32 Å². The number of carbonyl (C=O) groups excluding carboxylic acids is 2. The Balaban J connectivity index is 1.60. The molecule has 2 aromatic rings. The van der Waals surface area contributed by atoms with Crippen molar-refractivity contribution in [2.45, 2.75) is 39.0 Å². The fourth-order valence-electron chi connectivity index (χ4n) is 3.41. The highest BCUT2D eigenvalue weighted by atomic mass is 35.5. The Kier molecular flexibility index (Phi) is 7.53. The number of likely N-dealkylation sites (tertiary alicyclic amines) is 1. The molecular weight excluding hydrogens is 411 g/mol. The van der Waals surface area contributed by atoms with Gasteiger partial charge in [0.15, 0.2) is 0 Å². The van der Waals surface area contributed by atoms with E-state index in [0.717, 1.165) is 17.5 Å². The van der Waals surface area contributed by atoms with Crippen LogP contribution in [0.4, 0.5) is 0 Å². The number of carbonyl (C=O) groups is 2. The van der Waals surface area contributed by atoms with Crippen LogP contribution in [0.25, 0.3) is 0 Å². The number of ether oxygens (including phenoxy) is 1. The van der Waals surface area contributed by atoms with Gasteiger partial charge in [0.2, 0.25) is 5.91 Å². The van der Waals surface area contributed by atoms with E-state index >= 15 is 0 Å². The first-order valence-electron chi connectivity index (χ1n) is 9.68. The van der Waals surface area contributed by atoms with Crippen LogP contribution in [0, 0.1) is 0 Å². The maximum atomic E-state index is 12.9. The molecule has 1 saturated heterocycles. The van der Waals surface area contributed by atoms with Crippen LogP contribution in [0.3, 0.4) is 0 Å². The summed E-state index contributed by atoms with van der Waals surface area (Å²) < 4.78 is 5.39. The number of halogens is 2. The van der Waals surface area contributed by atoms with Gasteiger partial charge < -0.3 is 15.0 Å². The molecule has 0 radical (unpaired) electrons. The van der Waals surface area contributed by atoms with E-state index in [1.807, 2.05) is 31.2 Å². The maximum absolute atomic E-state index is 12.9. The number of nitrogens with zero attached hydrogens (tertiary/aromatic N) is 1. The lowest BCUT2D eigenvalue weighted by Gasteiger charge is -2.24. The van der Waals surface area contributed by atoms with E-state index in [9.17, 15) is 9.59 Å². The molecule has 154 valence electrons. The van der Waals surface area contributed by atoms with Crippen LogP contribution in [0.15, 0.2) is 42.5 Å². The summed E-state index contributed by atoms with van der Waals surface area (Å²) in [6, 6.07) is 12.2. The fraction of sp³-hybridized carbons (Fsp3) is 0.364. The highest BCUT2D eigenvalue weighted by molar-refractivity contribution is 6.35. The van der Waals surface area contributed by atoms with E-state index in [0.29, 0.717) is 48.3 Å². The SMILES string of the molecule is CCOCc1ccc(CNC(=O)C2CCCN2C(=O)c2cc(Cl)cc(Cl)c2)cc1. The van der Waals surface area contributed by atoms with Crippen molar-refractivity contribution in [1.82, 2.24) is 10.2 Å². The van der Waals surface area contributed by atoms with Gasteiger partial charge in [-0.3, -0.25) is 9.59 Å². The summed E-state index contributed by atoms with van der Waals surface area (Å²) in [5.41, 5.74) is 2.48. The lowest BCUT2D eigenvalue weighted by molar-refractivity contribution is -0.125. The summed E-state index contributed by atoms with van der Waals surface area (Å²) in [7, 11) is 0. The van der Waals surface area contributed by atoms with Crippen molar-refractivity contribution in [2.75, 3.05) is 13.2 Å². The summed E-state index contributed by atoms with van der Waals surface area (Å²) in [5.74, 6) is -0.380. The van der Waals surface area contributed by atoms with Gasteiger partial charge in [0.25, 0.3) is 5.91 Å². The van der Waals surface area contributed by atoms with Gasteiger partial charge in [-0.05, 0) is 49.1 Å². The van der Waals surface area contributed by atoms with Crippen molar-refractivity contribution in [3.63, 3.8) is 0 Å². The molecule has 0 spiro atoms. The Morgan fingerprint density at radius 1 is 1.10 bits per heavy atom. The van der Waals surface area contributed by atoms with Crippen LogP contribution in [-0.4, -0.2) is 35.9 Å². The van der Waals surface area contributed by atoms with E-state index in [4.69, 9.17) is 27.9 Å². The molecule has 1 fully saturated rings. The van der Waals surface area contributed by atoms with Gasteiger partial charge in [0, 0.05) is 35.3 Å². The van der Waals surface area contributed by atoms with Gasteiger partial charge in [-0.25, -0.2) is 0 Å². The number of nitrogens with one attached hydrogen (secondary N) is 1. The molecule has 1 atom stereocenters. The summed E-state index contributed by atoms with van der Waals surface area (Å²) in [6.07, 6.45) is 1.42. The second-order valence-corrected chi connectivity index (χ2v) is 7.86. The molecule has 1 aliphatic rings. The van der Waals surface area contributed by atoms with Crippen LogP contribution in [-0.2, 0) is 22.7 Å². The number of rotatable bonds is 7. The quantitative estimate of drug-likeness (QED) is 0.699.